The first kappa shape index (κ1) is 48.3. The molecule has 9 rings (SSSR count). The third-order valence-electron chi connectivity index (χ3n) is 13.4. The highest BCUT2D eigenvalue weighted by atomic mass is 19.3. The molecule has 1 unspecified atom stereocenters. The summed E-state index contributed by atoms with van der Waals surface area (Å²) in [4.78, 5) is 79.9. The minimum atomic E-state index is -2.76. The molecular weight excluding hydrogens is 913 g/mol. The number of rotatable bonds is 18. The van der Waals surface area contributed by atoms with Crippen LogP contribution in [0.4, 0.5) is 30.8 Å². The predicted octanol–water partition coefficient (Wildman–Crippen LogP) is 3.87. The summed E-state index contributed by atoms with van der Waals surface area (Å²) in [5, 5.41) is 20.5. The number of alkyl halides is 2. The fraction of sp³-hybridized carbons (Fsp3) is 0.500. The molecule has 70 heavy (non-hydrogen) atoms. The molecular formula is C48H57F2N11O9. The van der Waals surface area contributed by atoms with Crippen LogP contribution in [0.15, 0.2) is 42.7 Å². The molecule has 7 heterocycles. The Kier molecular flexibility index (Phi) is 14.8. The van der Waals surface area contributed by atoms with E-state index in [0.717, 1.165) is 41.0 Å². The number of hydrogen-bond acceptors (Lipinski definition) is 13. The van der Waals surface area contributed by atoms with Gasteiger partial charge in [-0.2, -0.15) is 10.2 Å². The molecule has 0 radical (unpaired) electrons. The number of anilines is 3. The maximum Gasteiger partial charge on any atom is 0.317 e. The molecule has 1 atom stereocenters. The predicted molar refractivity (Wildman–Crippen MR) is 249 cm³/mol. The second-order valence-corrected chi connectivity index (χ2v) is 17.8. The largest absolute Gasteiger partial charge is 0.383 e. The van der Waals surface area contributed by atoms with Gasteiger partial charge in [-0.3, -0.25) is 43.6 Å². The zero-order valence-electron chi connectivity index (χ0n) is 39.0. The van der Waals surface area contributed by atoms with Gasteiger partial charge in [0.25, 0.3) is 18.2 Å². The standard InChI is InChI=1S/C48H57F2N11O9/c1-51-48(67)57-15-8-38-37(28-57)44(56-61(38)32-9-17-68-18-10-32)59-14-2-3-29-23-34(35(43(49)50)25-40(29)59)30-26-54-58(27-30)16-12-53-41(62)11-19-69-21-22-70-20-13-52-31-4-5-33-36(24-31)47(66)60(46(33)65)39-6-7-42(63)55-45(39)64/h4-5,23-27,32,39,43,52H,2-3,6-22,28H2,1H3,(H,51,67)(H,53,62)(H,55,63,64). The third-order valence-corrected chi connectivity index (χ3v) is 13.4. The van der Waals surface area contributed by atoms with Crippen LogP contribution in [0.25, 0.3) is 11.1 Å². The third kappa shape index (κ3) is 10.2. The lowest BCUT2D eigenvalue weighted by molar-refractivity contribution is -0.136. The maximum absolute atomic E-state index is 15.0. The van der Waals surface area contributed by atoms with Crippen molar-refractivity contribution < 1.29 is 51.8 Å². The summed E-state index contributed by atoms with van der Waals surface area (Å²) in [7, 11) is 1.61. The summed E-state index contributed by atoms with van der Waals surface area (Å²) < 4.78 is 50.5. The van der Waals surface area contributed by atoms with Crippen molar-refractivity contribution in [1.29, 1.82) is 0 Å². The van der Waals surface area contributed by atoms with Gasteiger partial charge in [0.1, 0.15) is 6.04 Å². The molecule has 372 valence electrons. The Bertz CT molecular complexity index is 2650. The molecule has 0 aliphatic carbocycles. The van der Waals surface area contributed by atoms with Crippen LogP contribution in [0.3, 0.4) is 0 Å². The summed E-state index contributed by atoms with van der Waals surface area (Å²) in [6, 6.07) is 7.14. The van der Waals surface area contributed by atoms with E-state index in [9.17, 15) is 37.5 Å². The zero-order chi connectivity index (χ0) is 48.9. The van der Waals surface area contributed by atoms with Crippen LogP contribution in [-0.4, -0.2) is 144 Å². The molecule has 5 aliphatic rings. The second-order valence-electron chi connectivity index (χ2n) is 17.8. The highest BCUT2D eigenvalue weighted by molar-refractivity contribution is 6.23. The lowest BCUT2D eigenvalue weighted by atomic mass is 9.92. The van der Waals surface area contributed by atoms with E-state index in [1.54, 1.807) is 47.2 Å². The van der Waals surface area contributed by atoms with Crippen molar-refractivity contribution in [3.63, 3.8) is 0 Å². The van der Waals surface area contributed by atoms with Gasteiger partial charge in [-0.05, 0) is 73.6 Å². The lowest BCUT2D eigenvalue weighted by Gasteiger charge is -2.33. The quantitative estimate of drug-likeness (QED) is 0.0823. The van der Waals surface area contributed by atoms with E-state index in [1.807, 2.05) is 6.07 Å². The van der Waals surface area contributed by atoms with Gasteiger partial charge in [0.15, 0.2) is 5.82 Å². The number of aromatic nitrogens is 4. The van der Waals surface area contributed by atoms with Crippen LogP contribution in [0.5, 0.6) is 0 Å². The number of piperidine rings is 1. The fourth-order valence-electron chi connectivity index (χ4n) is 9.87. The van der Waals surface area contributed by atoms with E-state index in [1.165, 1.54) is 6.07 Å². The summed E-state index contributed by atoms with van der Waals surface area (Å²) in [5.41, 5.74) is 5.47. The molecule has 0 saturated carbocycles. The highest BCUT2D eigenvalue weighted by Crippen LogP contribution is 2.44. The van der Waals surface area contributed by atoms with E-state index in [4.69, 9.17) is 19.3 Å². The monoisotopic (exact) mass is 969 g/mol. The minimum absolute atomic E-state index is 0.0448. The van der Waals surface area contributed by atoms with Crippen LogP contribution in [0, 0.1) is 0 Å². The Labute approximate surface area is 402 Å². The molecule has 0 spiro atoms. The van der Waals surface area contributed by atoms with Gasteiger partial charge in [0, 0.05) is 106 Å². The summed E-state index contributed by atoms with van der Waals surface area (Å²) in [5.74, 6) is -1.76. The van der Waals surface area contributed by atoms with Crippen LogP contribution in [0.2, 0.25) is 0 Å². The number of halogens is 2. The number of nitrogens with one attached hydrogen (secondary N) is 4. The van der Waals surface area contributed by atoms with Crippen LogP contribution >= 0.6 is 0 Å². The number of fused-ring (bicyclic) bond motifs is 3. The first-order chi connectivity index (χ1) is 34.0. The molecule has 4 aromatic rings. The average molecular weight is 970 g/mol. The fourth-order valence-corrected chi connectivity index (χ4v) is 9.87. The van der Waals surface area contributed by atoms with E-state index >= 15 is 0 Å². The van der Waals surface area contributed by atoms with Gasteiger partial charge >= 0.3 is 6.03 Å². The maximum atomic E-state index is 15.0. The Morgan fingerprint density at radius 2 is 1.71 bits per heavy atom. The minimum Gasteiger partial charge on any atom is -0.383 e. The summed E-state index contributed by atoms with van der Waals surface area (Å²) in [6.45, 7) is 4.85. The van der Waals surface area contributed by atoms with Gasteiger partial charge in [0.2, 0.25) is 17.7 Å². The molecule has 20 nitrogen and oxygen atoms in total. The van der Waals surface area contributed by atoms with Crippen molar-refractivity contribution >= 4 is 52.8 Å². The number of nitrogens with zero attached hydrogens (tertiary/aromatic N) is 7. The number of carbonyl (C=O) groups excluding carboxylic acids is 6. The van der Waals surface area contributed by atoms with E-state index < -0.39 is 36.1 Å². The second kappa shape index (κ2) is 21.5. The van der Waals surface area contributed by atoms with E-state index in [2.05, 4.69) is 35.9 Å². The summed E-state index contributed by atoms with van der Waals surface area (Å²) >= 11 is 0. The van der Waals surface area contributed by atoms with Crippen molar-refractivity contribution in [3.8, 4) is 11.1 Å². The van der Waals surface area contributed by atoms with E-state index in [0.29, 0.717) is 93.7 Å². The number of carbonyl (C=O) groups is 6. The highest BCUT2D eigenvalue weighted by Gasteiger charge is 2.45. The molecule has 7 amide bonds. The smallest absolute Gasteiger partial charge is 0.317 e. The Balaban J connectivity index is 0.718. The number of ether oxygens (including phenoxy) is 3. The SMILES string of the molecule is CNC(=O)N1CCc2c(c(N3CCCc4cc(-c5cnn(CCNC(=O)CCOCCOCCNc6ccc7c(c6)C(=O)N(C6CCC(=O)NC6=O)C7=O)c5)c(C(F)F)cc43)nn2C2CCOCC2)C1. The number of aryl methyl sites for hydroxylation is 1. The normalized spacial score (nSPS) is 18.2. The molecule has 4 N–H and O–H groups in total. The molecule has 2 saturated heterocycles. The van der Waals surface area contributed by atoms with Crippen LogP contribution in [0.1, 0.15) is 94.1 Å². The number of urea groups is 1. The first-order valence-corrected chi connectivity index (χ1v) is 23.9. The molecule has 22 heteroatoms. The Morgan fingerprint density at radius 1 is 0.914 bits per heavy atom. The zero-order valence-corrected chi connectivity index (χ0v) is 39.0. The van der Waals surface area contributed by atoms with Gasteiger partial charge in [-0.1, -0.05) is 0 Å². The van der Waals surface area contributed by atoms with E-state index in [-0.39, 0.29) is 80.3 Å². The number of benzene rings is 2. The summed E-state index contributed by atoms with van der Waals surface area (Å²) in [6.07, 6.45) is 4.58. The van der Waals surface area contributed by atoms with Crippen molar-refractivity contribution in [2.24, 2.45) is 0 Å². The lowest BCUT2D eigenvalue weighted by Crippen LogP contribution is -2.54. The number of hydrogen-bond donors (Lipinski definition) is 4. The van der Waals surface area contributed by atoms with Crippen LogP contribution in [-0.2, 0) is 54.5 Å². The topological polar surface area (TPSA) is 224 Å². The average Bonchev–Trinajstić information content (AvgIpc) is 4.06. The first-order valence-electron chi connectivity index (χ1n) is 23.9. The number of amides is 7. The Morgan fingerprint density at radius 3 is 2.50 bits per heavy atom. The molecule has 2 aromatic carbocycles. The Hall–Kier alpha value is -6.78. The van der Waals surface area contributed by atoms with Gasteiger partial charge in [-0.25, -0.2) is 13.6 Å². The molecule has 5 aliphatic heterocycles. The number of imide groups is 2. The van der Waals surface area contributed by atoms with Crippen molar-refractivity contribution in [2.75, 3.05) is 83.1 Å². The van der Waals surface area contributed by atoms with Crippen molar-refractivity contribution in [3.05, 3.63) is 76.2 Å². The van der Waals surface area contributed by atoms with Gasteiger partial charge in [-0.15, -0.1) is 0 Å². The molecule has 0 bridgehead atoms. The van der Waals surface area contributed by atoms with Crippen LogP contribution < -0.4 is 26.2 Å². The molecule has 2 aromatic heterocycles. The van der Waals surface area contributed by atoms with Crippen molar-refractivity contribution in [2.45, 2.75) is 83.0 Å². The van der Waals surface area contributed by atoms with Gasteiger partial charge < -0.3 is 40.0 Å². The molecule has 2 fully saturated rings. The van der Waals surface area contributed by atoms with Crippen molar-refractivity contribution in [1.82, 2.24) is 45.3 Å². The van der Waals surface area contributed by atoms with Gasteiger partial charge in [0.05, 0.1) is 62.9 Å².